The number of rotatable bonds is 6. The van der Waals surface area contributed by atoms with Crippen molar-refractivity contribution in [1.82, 2.24) is 9.13 Å². The van der Waals surface area contributed by atoms with Gasteiger partial charge in [0.25, 0.3) is 5.56 Å². The number of hydrogen-bond donors (Lipinski definition) is 1. The number of para-hydroxylation sites is 1. The van der Waals surface area contributed by atoms with Gasteiger partial charge in [0, 0.05) is 17.1 Å². The van der Waals surface area contributed by atoms with Gasteiger partial charge in [-0.3, -0.25) is 18.7 Å². The number of thiophene rings is 1. The lowest BCUT2D eigenvalue weighted by atomic mass is 10.2. The zero-order valence-electron chi connectivity index (χ0n) is 16.8. The predicted octanol–water partition coefficient (Wildman–Crippen LogP) is 3.55. The molecule has 0 fully saturated rings. The van der Waals surface area contributed by atoms with E-state index in [1.54, 1.807) is 54.7 Å². The number of amides is 1. The average Bonchev–Trinajstić information content (AvgIpc) is 3.27. The molecule has 0 unspecified atom stereocenters. The predicted molar refractivity (Wildman–Crippen MR) is 120 cm³/mol. The standard InChI is InChI=1S/C23H20FN3O3S/c1-15-8-9-16(13-19(15)24)25-21(28)14-27-20-7-3-2-6-18(20)22(29)26(23(27)30)11-10-17-5-4-12-31-17/h2-9,12-13H,10-11,14H2,1H3,(H,25,28). The number of halogens is 1. The molecule has 0 bridgehead atoms. The van der Waals surface area contributed by atoms with Crippen LogP contribution >= 0.6 is 11.3 Å². The molecule has 0 saturated carbocycles. The molecule has 2 heterocycles. The molecule has 2 aromatic heterocycles. The highest BCUT2D eigenvalue weighted by atomic mass is 32.1. The summed E-state index contributed by atoms with van der Waals surface area (Å²) in [6.07, 6.45) is 0.542. The fraction of sp³-hybridized carbons (Fsp3) is 0.174. The Morgan fingerprint density at radius 2 is 1.87 bits per heavy atom. The molecule has 0 radical (unpaired) electrons. The van der Waals surface area contributed by atoms with Gasteiger partial charge in [0.15, 0.2) is 0 Å². The van der Waals surface area contributed by atoms with Crippen molar-refractivity contribution < 1.29 is 9.18 Å². The van der Waals surface area contributed by atoms with Crippen molar-refractivity contribution >= 4 is 33.8 Å². The van der Waals surface area contributed by atoms with Gasteiger partial charge >= 0.3 is 5.69 Å². The Balaban J connectivity index is 1.68. The SMILES string of the molecule is Cc1ccc(NC(=O)Cn2c(=O)n(CCc3cccs3)c(=O)c3ccccc32)cc1F. The number of nitrogens with one attached hydrogen (secondary N) is 1. The van der Waals surface area contributed by atoms with Crippen LogP contribution in [0.1, 0.15) is 10.4 Å². The van der Waals surface area contributed by atoms with Crippen molar-refractivity contribution in [3.63, 3.8) is 0 Å². The number of fused-ring (bicyclic) bond motifs is 1. The smallest absolute Gasteiger partial charge is 0.324 e. The molecule has 158 valence electrons. The van der Waals surface area contributed by atoms with E-state index in [0.29, 0.717) is 28.6 Å². The molecule has 1 amide bonds. The molecule has 4 rings (SSSR count). The van der Waals surface area contributed by atoms with Crippen LogP contribution in [-0.4, -0.2) is 15.0 Å². The van der Waals surface area contributed by atoms with Crippen molar-refractivity contribution in [2.75, 3.05) is 5.32 Å². The van der Waals surface area contributed by atoms with Gasteiger partial charge in [-0.1, -0.05) is 24.3 Å². The minimum Gasteiger partial charge on any atom is -0.324 e. The largest absolute Gasteiger partial charge is 0.331 e. The van der Waals surface area contributed by atoms with E-state index >= 15 is 0 Å². The number of hydrogen-bond acceptors (Lipinski definition) is 4. The fourth-order valence-corrected chi connectivity index (χ4v) is 4.11. The second kappa shape index (κ2) is 8.69. The summed E-state index contributed by atoms with van der Waals surface area (Å²) in [4.78, 5) is 39.8. The molecule has 1 N–H and O–H groups in total. The molecule has 8 heteroatoms. The van der Waals surface area contributed by atoms with Gasteiger partial charge < -0.3 is 5.32 Å². The van der Waals surface area contributed by atoms with Gasteiger partial charge in [-0.15, -0.1) is 11.3 Å². The summed E-state index contributed by atoms with van der Waals surface area (Å²) in [7, 11) is 0. The first-order chi connectivity index (χ1) is 14.9. The van der Waals surface area contributed by atoms with Crippen LogP contribution in [0.4, 0.5) is 10.1 Å². The molecule has 0 spiro atoms. The van der Waals surface area contributed by atoms with E-state index in [4.69, 9.17) is 0 Å². The average molecular weight is 437 g/mol. The molecule has 0 aliphatic heterocycles. The summed E-state index contributed by atoms with van der Waals surface area (Å²) in [5.74, 6) is -0.915. The second-order valence-electron chi connectivity index (χ2n) is 7.18. The molecule has 6 nitrogen and oxygen atoms in total. The third kappa shape index (κ3) is 4.34. The van der Waals surface area contributed by atoms with Crippen LogP contribution in [0.5, 0.6) is 0 Å². The first-order valence-electron chi connectivity index (χ1n) is 9.75. The zero-order chi connectivity index (χ0) is 22.0. The molecule has 0 aliphatic carbocycles. The highest BCUT2D eigenvalue weighted by Crippen LogP contribution is 2.14. The van der Waals surface area contributed by atoms with Crippen molar-refractivity contribution in [3.05, 3.63) is 97.1 Å². The number of carbonyl (C=O) groups excluding carboxylic acids is 1. The van der Waals surface area contributed by atoms with Crippen molar-refractivity contribution in [2.24, 2.45) is 0 Å². The van der Waals surface area contributed by atoms with Crippen molar-refractivity contribution in [3.8, 4) is 0 Å². The first-order valence-corrected chi connectivity index (χ1v) is 10.6. The molecule has 2 aromatic carbocycles. The first kappa shape index (κ1) is 20.7. The van der Waals surface area contributed by atoms with Crippen molar-refractivity contribution in [2.45, 2.75) is 26.4 Å². The lowest BCUT2D eigenvalue weighted by Crippen LogP contribution is -2.42. The minimum absolute atomic E-state index is 0.216. The Bertz CT molecular complexity index is 1370. The Hall–Kier alpha value is -3.52. The fourth-order valence-electron chi connectivity index (χ4n) is 3.41. The van der Waals surface area contributed by atoms with E-state index in [9.17, 15) is 18.8 Å². The summed E-state index contributed by atoms with van der Waals surface area (Å²) in [6, 6.07) is 15.0. The normalized spacial score (nSPS) is 11.0. The molecular weight excluding hydrogens is 417 g/mol. The van der Waals surface area contributed by atoms with Crippen LogP contribution in [0, 0.1) is 12.7 Å². The maximum atomic E-state index is 13.8. The Morgan fingerprint density at radius 1 is 1.06 bits per heavy atom. The van der Waals surface area contributed by atoms with Crippen molar-refractivity contribution in [1.29, 1.82) is 0 Å². The summed E-state index contributed by atoms with van der Waals surface area (Å²) >= 11 is 1.56. The lowest BCUT2D eigenvalue weighted by molar-refractivity contribution is -0.116. The summed E-state index contributed by atoms with van der Waals surface area (Å²) < 4.78 is 16.2. The van der Waals surface area contributed by atoms with Gasteiger partial charge in [-0.25, -0.2) is 9.18 Å². The second-order valence-corrected chi connectivity index (χ2v) is 8.22. The van der Waals surface area contributed by atoms with E-state index in [2.05, 4.69) is 5.32 Å². The van der Waals surface area contributed by atoms with E-state index in [1.165, 1.54) is 15.2 Å². The highest BCUT2D eigenvalue weighted by Gasteiger charge is 2.16. The number of nitrogens with zero attached hydrogens (tertiary/aromatic N) is 2. The Labute approximate surface area is 181 Å². The number of carbonyl (C=O) groups is 1. The van der Waals surface area contributed by atoms with Crippen LogP contribution in [-0.2, 0) is 24.3 Å². The maximum absolute atomic E-state index is 13.8. The number of benzene rings is 2. The topological polar surface area (TPSA) is 73.1 Å². The molecule has 0 aliphatic rings. The van der Waals surface area contributed by atoms with E-state index in [1.807, 2.05) is 17.5 Å². The number of anilines is 1. The molecule has 0 saturated heterocycles. The number of aryl methyl sites for hydroxylation is 2. The van der Waals surface area contributed by atoms with Crippen LogP contribution in [0.2, 0.25) is 0 Å². The minimum atomic E-state index is -0.550. The van der Waals surface area contributed by atoms with Gasteiger partial charge in [-0.2, -0.15) is 0 Å². The van der Waals surface area contributed by atoms with Gasteiger partial charge in [0.05, 0.1) is 10.9 Å². The third-order valence-corrected chi connectivity index (χ3v) is 5.99. The number of aromatic nitrogens is 2. The van der Waals surface area contributed by atoms with Crippen LogP contribution in [0.25, 0.3) is 10.9 Å². The van der Waals surface area contributed by atoms with Gasteiger partial charge in [0.1, 0.15) is 12.4 Å². The van der Waals surface area contributed by atoms with Gasteiger partial charge in [-0.05, 0) is 54.6 Å². The lowest BCUT2D eigenvalue weighted by Gasteiger charge is -2.14. The van der Waals surface area contributed by atoms with E-state index in [0.717, 1.165) is 4.88 Å². The maximum Gasteiger partial charge on any atom is 0.331 e. The Kier molecular flexibility index (Phi) is 5.81. The summed E-state index contributed by atoms with van der Waals surface area (Å²) in [5, 5.41) is 4.92. The summed E-state index contributed by atoms with van der Waals surface area (Å²) in [6.45, 7) is 1.55. The molecule has 31 heavy (non-hydrogen) atoms. The quantitative estimate of drug-likeness (QED) is 0.501. The third-order valence-electron chi connectivity index (χ3n) is 5.05. The van der Waals surface area contributed by atoms with Crippen LogP contribution < -0.4 is 16.6 Å². The van der Waals surface area contributed by atoms with E-state index < -0.39 is 17.4 Å². The Morgan fingerprint density at radius 3 is 2.61 bits per heavy atom. The zero-order valence-corrected chi connectivity index (χ0v) is 17.6. The van der Waals surface area contributed by atoms with E-state index in [-0.39, 0.29) is 18.6 Å². The van der Waals surface area contributed by atoms with Crippen LogP contribution in [0.15, 0.2) is 69.6 Å². The highest BCUT2D eigenvalue weighted by molar-refractivity contribution is 7.09. The molecule has 0 atom stereocenters. The van der Waals surface area contributed by atoms with Gasteiger partial charge in [0.2, 0.25) is 5.91 Å². The molecular formula is C23H20FN3O3S. The molecule has 4 aromatic rings. The summed E-state index contributed by atoms with van der Waals surface area (Å²) in [5.41, 5.74) is 0.226. The van der Waals surface area contributed by atoms with Crippen LogP contribution in [0.3, 0.4) is 0 Å². The monoisotopic (exact) mass is 437 g/mol.